The average molecular weight is 390 g/mol. The molecule has 1 N–H and O–H groups in total. The van der Waals surface area contributed by atoms with Crippen molar-refractivity contribution >= 4 is 40.1 Å². The largest absolute Gasteiger partial charge is 0.497 e. The van der Waals surface area contributed by atoms with Crippen molar-refractivity contribution in [3.05, 3.63) is 82.2 Å². The first-order chi connectivity index (χ1) is 13.6. The Morgan fingerprint density at radius 3 is 2.39 bits per heavy atom. The van der Waals surface area contributed by atoms with E-state index >= 15 is 0 Å². The topological polar surface area (TPSA) is 58.6 Å². The Labute approximate surface area is 166 Å². The number of hydrogen-bond acceptors (Lipinski definition) is 5. The fourth-order valence-corrected chi connectivity index (χ4v) is 3.88. The zero-order chi connectivity index (χ0) is 19.7. The SMILES string of the molecule is COc1ccc(NC2=C(c3cccs3)C(=O)N(c3cccc(C)c3)C2=O)cc1. The molecule has 0 saturated carbocycles. The Bertz CT molecular complexity index is 1070. The molecule has 0 aliphatic carbocycles. The van der Waals surface area contributed by atoms with Gasteiger partial charge in [0, 0.05) is 10.6 Å². The van der Waals surface area contributed by atoms with Crippen molar-refractivity contribution in [3.8, 4) is 5.75 Å². The molecule has 140 valence electrons. The van der Waals surface area contributed by atoms with E-state index in [0.717, 1.165) is 10.4 Å². The van der Waals surface area contributed by atoms with E-state index in [2.05, 4.69) is 5.32 Å². The lowest BCUT2D eigenvalue weighted by molar-refractivity contribution is -0.120. The van der Waals surface area contributed by atoms with Crippen molar-refractivity contribution < 1.29 is 14.3 Å². The molecule has 28 heavy (non-hydrogen) atoms. The van der Waals surface area contributed by atoms with Crippen LogP contribution < -0.4 is 15.0 Å². The van der Waals surface area contributed by atoms with Gasteiger partial charge in [-0.25, -0.2) is 4.90 Å². The molecule has 0 fully saturated rings. The van der Waals surface area contributed by atoms with Gasteiger partial charge in [-0.2, -0.15) is 0 Å². The van der Waals surface area contributed by atoms with Gasteiger partial charge in [0.15, 0.2) is 0 Å². The van der Waals surface area contributed by atoms with E-state index in [0.29, 0.717) is 22.7 Å². The fraction of sp³-hybridized carbons (Fsp3) is 0.0909. The monoisotopic (exact) mass is 390 g/mol. The van der Waals surface area contributed by atoms with Crippen LogP contribution >= 0.6 is 11.3 Å². The van der Waals surface area contributed by atoms with Crippen molar-refractivity contribution in [3.63, 3.8) is 0 Å². The quantitative estimate of drug-likeness (QED) is 0.654. The molecule has 0 unspecified atom stereocenters. The third-order valence-corrected chi connectivity index (χ3v) is 5.36. The van der Waals surface area contributed by atoms with Gasteiger partial charge in [-0.15, -0.1) is 11.3 Å². The number of carbonyl (C=O) groups excluding carboxylic acids is 2. The summed E-state index contributed by atoms with van der Waals surface area (Å²) in [6, 6.07) is 18.3. The number of rotatable bonds is 5. The Morgan fingerprint density at radius 2 is 1.75 bits per heavy atom. The van der Waals surface area contributed by atoms with Crippen LogP contribution in [-0.4, -0.2) is 18.9 Å². The van der Waals surface area contributed by atoms with Crippen LogP contribution in [0.1, 0.15) is 10.4 Å². The Balaban J connectivity index is 1.77. The minimum Gasteiger partial charge on any atom is -0.497 e. The van der Waals surface area contributed by atoms with Crippen molar-refractivity contribution in [2.45, 2.75) is 6.92 Å². The molecule has 5 nitrogen and oxygen atoms in total. The van der Waals surface area contributed by atoms with Gasteiger partial charge in [-0.05, 0) is 60.3 Å². The molecule has 0 spiro atoms. The van der Waals surface area contributed by atoms with Crippen molar-refractivity contribution in [2.24, 2.45) is 0 Å². The maximum Gasteiger partial charge on any atom is 0.282 e. The normalized spacial score (nSPS) is 14.0. The van der Waals surface area contributed by atoms with Gasteiger partial charge in [0.2, 0.25) is 0 Å². The number of carbonyl (C=O) groups is 2. The molecule has 1 aliphatic rings. The van der Waals surface area contributed by atoms with Gasteiger partial charge in [0.25, 0.3) is 11.8 Å². The summed E-state index contributed by atoms with van der Waals surface area (Å²) in [5.74, 6) is 0.0251. The predicted molar refractivity (Wildman–Crippen MR) is 112 cm³/mol. The van der Waals surface area contributed by atoms with Crippen LogP contribution in [0.25, 0.3) is 5.57 Å². The molecule has 0 bridgehead atoms. The summed E-state index contributed by atoms with van der Waals surface area (Å²) in [4.78, 5) is 28.4. The highest BCUT2D eigenvalue weighted by Crippen LogP contribution is 2.35. The lowest BCUT2D eigenvalue weighted by atomic mass is 10.1. The van der Waals surface area contributed by atoms with Crippen LogP contribution in [0, 0.1) is 6.92 Å². The zero-order valence-electron chi connectivity index (χ0n) is 15.4. The second-order valence-electron chi connectivity index (χ2n) is 6.37. The third-order valence-electron chi connectivity index (χ3n) is 4.47. The van der Waals surface area contributed by atoms with Crippen LogP contribution in [0.5, 0.6) is 5.75 Å². The lowest BCUT2D eigenvalue weighted by Gasteiger charge is -2.16. The summed E-state index contributed by atoms with van der Waals surface area (Å²) < 4.78 is 5.18. The molecule has 2 amide bonds. The van der Waals surface area contributed by atoms with E-state index < -0.39 is 0 Å². The van der Waals surface area contributed by atoms with Gasteiger partial charge in [-0.1, -0.05) is 18.2 Å². The molecule has 3 aromatic rings. The predicted octanol–water partition coefficient (Wildman–Crippen LogP) is 4.46. The molecule has 6 heteroatoms. The van der Waals surface area contributed by atoms with E-state index in [-0.39, 0.29) is 17.5 Å². The molecule has 0 radical (unpaired) electrons. The number of nitrogens with one attached hydrogen (secondary N) is 1. The summed E-state index contributed by atoms with van der Waals surface area (Å²) in [6.45, 7) is 1.93. The maximum atomic E-state index is 13.2. The number of aryl methyl sites for hydroxylation is 1. The number of hydrogen-bond donors (Lipinski definition) is 1. The van der Waals surface area contributed by atoms with E-state index in [9.17, 15) is 9.59 Å². The molecule has 1 aromatic heterocycles. The van der Waals surface area contributed by atoms with Crippen molar-refractivity contribution in [2.75, 3.05) is 17.3 Å². The van der Waals surface area contributed by atoms with Crippen molar-refractivity contribution in [1.29, 1.82) is 0 Å². The smallest absolute Gasteiger partial charge is 0.282 e. The first-order valence-electron chi connectivity index (χ1n) is 8.73. The number of ether oxygens (including phenoxy) is 1. The summed E-state index contributed by atoms with van der Waals surface area (Å²) in [6.07, 6.45) is 0. The summed E-state index contributed by atoms with van der Waals surface area (Å²) in [5, 5.41) is 5.03. The van der Waals surface area contributed by atoms with Crippen LogP contribution in [-0.2, 0) is 9.59 Å². The highest BCUT2D eigenvalue weighted by atomic mass is 32.1. The van der Waals surface area contributed by atoms with E-state index in [1.54, 1.807) is 25.3 Å². The van der Waals surface area contributed by atoms with Crippen molar-refractivity contribution in [1.82, 2.24) is 0 Å². The van der Waals surface area contributed by atoms with E-state index in [1.807, 2.05) is 54.8 Å². The van der Waals surface area contributed by atoms with E-state index in [1.165, 1.54) is 16.2 Å². The molecule has 4 rings (SSSR count). The zero-order valence-corrected chi connectivity index (χ0v) is 16.2. The minimum absolute atomic E-state index is 0.277. The molecular weight excluding hydrogens is 372 g/mol. The Hall–Kier alpha value is -3.38. The lowest BCUT2D eigenvalue weighted by Crippen LogP contribution is -2.32. The molecule has 0 saturated heterocycles. The van der Waals surface area contributed by atoms with Gasteiger partial charge in [-0.3, -0.25) is 9.59 Å². The Kier molecular flexibility index (Phi) is 4.71. The van der Waals surface area contributed by atoms with Crippen LogP contribution in [0.15, 0.2) is 71.7 Å². The second kappa shape index (κ2) is 7.32. The number of nitrogens with zero attached hydrogens (tertiary/aromatic N) is 1. The minimum atomic E-state index is -0.366. The molecule has 2 aromatic carbocycles. The first-order valence-corrected chi connectivity index (χ1v) is 9.61. The van der Waals surface area contributed by atoms with Crippen LogP contribution in [0.2, 0.25) is 0 Å². The fourth-order valence-electron chi connectivity index (χ4n) is 3.12. The van der Waals surface area contributed by atoms with Gasteiger partial charge < -0.3 is 10.1 Å². The summed E-state index contributed by atoms with van der Waals surface area (Å²) >= 11 is 1.43. The third kappa shape index (κ3) is 3.18. The number of thiophene rings is 1. The number of anilines is 2. The molecule has 0 atom stereocenters. The Morgan fingerprint density at radius 1 is 0.964 bits per heavy atom. The number of imide groups is 1. The maximum absolute atomic E-state index is 13.2. The number of methoxy groups -OCH3 is 1. The molecule has 2 heterocycles. The highest BCUT2D eigenvalue weighted by molar-refractivity contribution is 7.11. The number of benzene rings is 2. The standard InChI is InChI=1S/C22H18N2O3S/c1-14-5-3-6-16(13-14)24-21(25)19(18-7-4-12-28-18)20(22(24)26)23-15-8-10-17(27-2)11-9-15/h3-13,23H,1-2H3. The van der Waals surface area contributed by atoms with Gasteiger partial charge >= 0.3 is 0 Å². The molecule has 1 aliphatic heterocycles. The summed E-state index contributed by atoms with van der Waals surface area (Å²) in [5.41, 5.74) is 2.91. The van der Waals surface area contributed by atoms with E-state index in [4.69, 9.17) is 4.74 Å². The highest BCUT2D eigenvalue weighted by Gasteiger charge is 2.40. The first kappa shape index (κ1) is 18.0. The average Bonchev–Trinajstić information content (AvgIpc) is 3.29. The van der Waals surface area contributed by atoms with Gasteiger partial charge in [0.05, 0.1) is 18.4 Å². The van der Waals surface area contributed by atoms with Gasteiger partial charge in [0.1, 0.15) is 11.4 Å². The van der Waals surface area contributed by atoms with Crippen LogP contribution in [0.4, 0.5) is 11.4 Å². The molecular formula is C22H18N2O3S. The van der Waals surface area contributed by atoms with Crippen LogP contribution in [0.3, 0.4) is 0 Å². The second-order valence-corrected chi connectivity index (χ2v) is 7.31. The number of amides is 2. The summed E-state index contributed by atoms with van der Waals surface area (Å²) in [7, 11) is 1.60.